The molecule has 2 heterocycles. The molecule has 0 spiro atoms. The van der Waals surface area contributed by atoms with Crippen LogP contribution in [0.15, 0.2) is 47.1 Å². The molecule has 1 saturated carbocycles. The first-order valence-electron chi connectivity index (χ1n) is 12.7. The topological polar surface area (TPSA) is 110 Å². The summed E-state index contributed by atoms with van der Waals surface area (Å²) in [5.74, 6) is -0.391. The van der Waals surface area contributed by atoms with E-state index >= 15 is 0 Å². The highest BCUT2D eigenvalue weighted by Gasteiger charge is 2.35. The van der Waals surface area contributed by atoms with Gasteiger partial charge in [-0.25, -0.2) is 0 Å². The first kappa shape index (κ1) is 25.8. The Morgan fingerprint density at radius 2 is 1.92 bits per heavy atom. The number of hydrogen-bond donors (Lipinski definition) is 2. The molecule has 4 rings (SSSR count). The molecule has 1 aliphatic heterocycles. The lowest BCUT2D eigenvalue weighted by atomic mass is 9.94. The number of nitrogens with one attached hydrogen (secondary N) is 2. The van der Waals surface area contributed by atoms with E-state index in [1.54, 1.807) is 25.3 Å². The Balaban J connectivity index is 1.60. The minimum Gasteiger partial charge on any atom is -0.497 e. The number of nitrogens with zero attached hydrogens (tertiary/aromatic N) is 1. The summed E-state index contributed by atoms with van der Waals surface area (Å²) < 4.78 is 16.4. The van der Waals surface area contributed by atoms with Gasteiger partial charge in [0.15, 0.2) is 5.76 Å². The van der Waals surface area contributed by atoms with E-state index in [0.717, 1.165) is 38.5 Å². The minimum absolute atomic E-state index is 0.0812. The van der Waals surface area contributed by atoms with Crippen LogP contribution in [-0.2, 0) is 14.3 Å². The zero-order valence-electron chi connectivity index (χ0n) is 20.7. The zero-order valence-corrected chi connectivity index (χ0v) is 20.7. The Morgan fingerprint density at radius 1 is 1.08 bits per heavy atom. The van der Waals surface area contributed by atoms with Gasteiger partial charge in [-0.05, 0) is 55.5 Å². The van der Waals surface area contributed by atoms with E-state index in [9.17, 15) is 14.4 Å². The van der Waals surface area contributed by atoms with Gasteiger partial charge in [0.25, 0.3) is 5.91 Å². The molecule has 0 unspecified atom stereocenters. The van der Waals surface area contributed by atoms with E-state index < -0.39 is 11.9 Å². The number of rotatable bonds is 10. The maximum absolute atomic E-state index is 13.8. The molecule has 0 radical (unpaired) electrons. The smallest absolute Gasteiger partial charge is 0.287 e. The first-order chi connectivity index (χ1) is 17.5. The van der Waals surface area contributed by atoms with Gasteiger partial charge in [-0.15, -0.1) is 0 Å². The molecule has 36 heavy (non-hydrogen) atoms. The highest BCUT2D eigenvalue weighted by molar-refractivity contribution is 5.95. The van der Waals surface area contributed by atoms with Crippen LogP contribution in [0.3, 0.4) is 0 Å². The van der Waals surface area contributed by atoms with Crippen LogP contribution in [0, 0.1) is 0 Å². The summed E-state index contributed by atoms with van der Waals surface area (Å²) in [5.41, 5.74) is 0.645. The van der Waals surface area contributed by atoms with Crippen LogP contribution in [0.2, 0.25) is 0 Å². The van der Waals surface area contributed by atoms with Gasteiger partial charge in [-0.3, -0.25) is 14.4 Å². The summed E-state index contributed by atoms with van der Waals surface area (Å²) >= 11 is 0. The van der Waals surface area contributed by atoms with Gasteiger partial charge in [-0.2, -0.15) is 0 Å². The number of methoxy groups -OCH3 is 1. The molecule has 1 saturated heterocycles. The third-order valence-electron chi connectivity index (χ3n) is 6.81. The van der Waals surface area contributed by atoms with Crippen molar-refractivity contribution in [3.63, 3.8) is 0 Å². The third kappa shape index (κ3) is 6.66. The average Bonchev–Trinajstić information content (AvgIpc) is 3.62. The standard InChI is InChI=1S/C27H35N3O6/c1-34-21-11-5-8-19(16-21)25(27(33)29-20-9-3-2-4-10-20)30(18-22-12-6-14-35-22)24(31)17-28-26(32)23-13-7-15-36-23/h5,7-8,11,13,15-16,20,22,25H,2-4,6,9-10,12,14,17-18H2,1H3,(H,28,32)(H,29,33)/t22-,25+/m0/s1. The molecule has 1 aromatic heterocycles. The molecule has 3 amide bonds. The molecule has 9 heteroatoms. The molecule has 9 nitrogen and oxygen atoms in total. The monoisotopic (exact) mass is 497 g/mol. The molecule has 2 fully saturated rings. The summed E-state index contributed by atoms with van der Waals surface area (Å²) in [6.45, 7) is 0.596. The second-order valence-electron chi connectivity index (χ2n) is 9.36. The van der Waals surface area contributed by atoms with Crippen molar-refractivity contribution in [2.75, 3.05) is 26.8 Å². The van der Waals surface area contributed by atoms with Gasteiger partial charge < -0.3 is 29.4 Å². The molecular formula is C27H35N3O6. The summed E-state index contributed by atoms with van der Waals surface area (Å²) in [7, 11) is 1.57. The van der Waals surface area contributed by atoms with Gasteiger partial charge in [-0.1, -0.05) is 31.4 Å². The lowest BCUT2D eigenvalue weighted by molar-refractivity contribution is -0.142. The first-order valence-corrected chi connectivity index (χ1v) is 12.7. The number of hydrogen-bond acceptors (Lipinski definition) is 6. The molecule has 194 valence electrons. The molecule has 1 aliphatic carbocycles. The summed E-state index contributed by atoms with van der Waals surface area (Å²) in [6, 6.07) is 9.54. The zero-order chi connectivity index (χ0) is 25.3. The number of carbonyl (C=O) groups is 3. The fraction of sp³-hybridized carbons (Fsp3) is 0.519. The predicted octanol–water partition coefficient (Wildman–Crippen LogP) is 3.22. The number of amides is 3. The molecule has 1 aromatic carbocycles. The van der Waals surface area contributed by atoms with Crippen LogP contribution in [0.4, 0.5) is 0 Å². The minimum atomic E-state index is -0.890. The van der Waals surface area contributed by atoms with Gasteiger partial charge in [0.1, 0.15) is 11.8 Å². The van der Waals surface area contributed by atoms with Crippen molar-refractivity contribution in [3.05, 3.63) is 54.0 Å². The Kier molecular flexibility index (Phi) is 9.00. The van der Waals surface area contributed by atoms with E-state index in [1.165, 1.54) is 23.7 Å². The molecule has 2 aromatic rings. The molecule has 0 bridgehead atoms. The second-order valence-corrected chi connectivity index (χ2v) is 9.36. The van der Waals surface area contributed by atoms with Crippen molar-refractivity contribution in [2.24, 2.45) is 0 Å². The van der Waals surface area contributed by atoms with Crippen molar-refractivity contribution in [3.8, 4) is 5.75 Å². The lowest BCUT2D eigenvalue weighted by Crippen LogP contribution is -2.51. The third-order valence-corrected chi connectivity index (χ3v) is 6.81. The van der Waals surface area contributed by atoms with Crippen LogP contribution in [-0.4, -0.2) is 61.6 Å². The maximum Gasteiger partial charge on any atom is 0.287 e. The van der Waals surface area contributed by atoms with E-state index in [2.05, 4.69) is 10.6 Å². The van der Waals surface area contributed by atoms with Crippen molar-refractivity contribution in [2.45, 2.75) is 63.1 Å². The summed E-state index contributed by atoms with van der Waals surface area (Å²) in [6.07, 6.45) is 8.10. The largest absolute Gasteiger partial charge is 0.497 e. The van der Waals surface area contributed by atoms with E-state index in [4.69, 9.17) is 13.9 Å². The van der Waals surface area contributed by atoms with Gasteiger partial charge in [0.2, 0.25) is 11.8 Å². The lowest BCUT2D eigenvalue weighted by Gasteiger charge is -2.34. The van der Waals surface area contributed by atoms with Crippen molar-refractivity contribution in [1.29, 1.82) is 0 Å². The molecule has 2 atom stereocenters. The Labute approximate surface area is 211 Å². The number of carbonyl (C=O) groups excluding carboxylic acids is 3. The molecule has 2 aliphatic rings. The average molecular weight is 498 g/mol. The Morgan fingerprint density at radius 3 is 2.61 bits per heavy atom. The van der Waals surface area contributed by atoms with E-state index in [1.807, 2.05) is 12.1 Å². The van der Waals surface area contributed by atoms with Crippen LogP contribution in [0.25, 0.3) is 0 Å². The second kappa shape index (κ2) is 12.6. The van der Waals surface area contributed by atoms with Crippen LogP contribution in [0.1, 0.15) is 67.1 Å². The summed E-state index contributed by atoms with van der Waals surface area (Å²) in [4.78, 5) is 41.3. The highest BCUT2D eigenvalue weighted by atomic mass is 16.5. The predicted molar refractivity (Wildman–Crippen MR) is 132 cm³/mol. The quantitative estimate of drug-likeness (QED) is 0.522. The number of ether oxygens (including phenoxy) is 2. The Bertz CT molecular complexity index is 1010. The van der Waals surface area contributed by atoms with Gasteiger partial charge in [0.05, 0.1) is 26.0 Å². The molecular weight excluding hydrogens is 462 g/mol. The SMILES string of the molecule is COc1cccc([C@H](C(=O)NC2CCCCC2)N(C[C@@H]2CCCO2)C(=O)CNC(=O)c2ccco2)c1. The van der Waals surface area contributed by atoms with Crippen LogP contribution in [0.5, 0.6) is 5.75 Å². The van der Waals surface area contributed by atoms with Crippen LogP contribution >= 0.6 is 0 Å². The van der Waals surface area contributed by atoms with E-state index in [0.29, 0.717) is 17.9 Å². The fourth-order valence-corrected chi connectivity index (χ4v) is 4.92. The maximum atomic E-state index is 13.8. The van der Waals surface area contributed by atoms with Gasteiger partial charge in [0, 0.05) is 19.2 Å². The van der Waals surface area contributed by atoms with Crippen molar-refractivity contribution < 1.29 is 28.3 Å². The number of benzene rings is 1. The van der Waals surface area contributed by atoms with E-state index in [-0.39, 0.29) is 42.8 Å². The fourth-order valence-electron chi connectivity index (χ4n) is 4.92. The van der Waals surface area contributed by atoms with Crippen molar-refractivity contribution >= 4 is 17.7 Å². The Hall–Kier alpha value is -3.33. The van der Waals surface area contributed by atoms with Crippen molar-refractivity contribution in [1.82, 2.24) is 15.5 Å². The van der Waals surface area contributed by atoms with Crippen LogP contribution < -0.4 is 15.4 Å². The highest BCUT2D eigenvalue weighted by Crippen LogP contribution is 2.28. The summed E-state index contributed by atoms with van der Waals surface area (Å²) in [5, 5.41) is 5.80. The number of furan rings is 1. The molecule has 2 N–H and O–H groups in total. The normalized spacial score (nSPS) is 18.9. The van der Waals surface area contributed by atoms with Gasteiger partial charge >= 0.3 is 0 Å².